The predicted molar refractivity (Wildman–Crippen MR) is 110 cm³/mol. The van der Waals surface area contributed by atoms with Crippen LogP contribution in [-0.4, -0.2) is 27.6 Å². The van der Waals surface area contributed by atoms with Crippen LogP contribution in [-0.2, 0) is 11.2 Å². The van der Waals surface area contributed by atoms with E-state index in [0.717, 1.165) is 17.7 Å². The van der Waals surface area contributed by atoms with Crippen molar-refractivity contribution in [2.45, 2.75) is 12.3 Å². The molecular formula is C22H18N4O3. The Morgan fingerprint density at radius 2 is 1.86 bits per heavy atom. The second-order valence-electron chi connectivity index (χ2n) is 7.08. The largest absolute Gasteiger partial charge is 0.477 e. The molecule has 0 saturated carbocycles. The summed E-state index contributed by atoms with van der Waals surface area (Å²) in [6.07, 6.45) is 2.42. The molecule has 5 rings (SSSR count). The van der Waals surface area contributed by atoms with Crippen molar-refractivity contribution in [1.82, 2.24) is 9.97 Å². The van der Waals surface area contributed by atoms with Gasteiger partial charge in [0.25, 0.3) is 5.56 Å². The Morgan fingerprint density at radius 3 is 2.66 bits per heavy atom. The second-order valence-corrected chi connectivity index (χ2v) is 7.08. The van der Waals surface area contributed by atoms with E-state index in [0.29, 0.717) is 18.1 Å². The quantitative estimate of drug-likeness (QED) is 0.640. The number of para-hydroxylation sites is 1. The normalized spacial score (nSPS) is 17.2. The highest BCUT2D eigenvalue weighted by atomic mass is 16.4. The molecule has 2 aromatic carbocycles. The van der Waals surface area contributed by atoms with Crippen molar-refractivity contribution in [1.29, 1.82) is 0 Å². The summed E-state index contributed by atoms with van der Waals surface area (Å²) in [5.74, 6) is -0.895. The van der Waals surface area contributed by atoms with Crippen molar-refractivity contribution in [3.63, 3.8) is 0 Å². The summed E-state index contributed by atoms with van der Waals surface area (Å²) in [7, 11) is 0. The summed E-state index contributed by atoms with van der Waals surface area (Å²) >= 11 is 0. The minimum atomic E-state index is -1.09. The van der Waals surface area contributed by atoms with Gasteiger partial charge in [-0.3, -0.25) is 9.78 Å². The molecule has 2 aliphatic heterocycles. The van der Waals surface area contributed by atoms with Gasteiger partial charge in [0.05, 0.1) is 5.56 Å². The van der Waals surface area contributed by atoms with E-state index in [1.807, 2.05) is 53.4 Å². The highest BCUT2D eigenvalue weighted by molar-refractivity contribution is 5.91. The molecule has 0 fully saturated rings. The van der Waals surface area contributed by atoms with Gasteiger partial charge in [-0.1, -0.05) is 48.5 Å². The van der Waals surface area contributed by atoms with Crippen LogP contribution in [0.5, 0.6) is 0 Å². The van der Waals surface area contributed by atoms with Crippen LogP contribution >= 0.6 is 0 Å². The lowest BCUT2D eigenvalue weighted by atomic mass is 9.89. The highest BCUT2D eigenvalue weighted by Gasteiger charge is 2.30. The molecule has 2 aliphatic rings. The zero-order valence-corrected chi connectivity index (χ0v) is 15.4. The number of carboxylic acids is 1. The zero-order valence-electron chi connectivity index (χ0n) is 15.4. The number of allylic oxidation sites excluding steroid dienone is 1. The number of carboxylic acid groups (broad SMARTS) is 1. The molecule has 3 aromatic rings. The van der Waals surface area contributed by atoms with E-state index in [1.165, 1.54) is 5.56 Å². The van der Waals surface area contributed by atoms with Crippen LogP contribution in [0, 0.1) is 0 Å². The number of anilines is 3. The Balaban J connectivity index is 1.64. The lowest BCUT2D eigenvalue weighted by Crippen LogP contribution is -2.30. The Labute approximate surface area is 166 Å². The van der Waals surface area contributed by atoms with Crippen LogP contribution in [0.3, 0.4) is 0 Å². The van der Waals surface area contributed by atoms with Crippen LogP contribution in [0.2, 0.25) is 0 Å². The SMILES string of the molecule is O=C(O)C1=CC(c2ccccc2)c2c(nc(N3CCc4ccccc43)[nH]c2=O)N1. The van der Waals surface area contributed by atoms with Crippen molar-refractivity contribution in [2.75, 3.05) is 16.8 Å². The van der Waals surface area contributed by atoms with Crippen LogP contribution in [0.4, 0.5) is 17.5 Å². The Bertz CT molecular complexity index is 1200. The molecule has 0 bridgehead atoms. The van der Waals surface area contributed by atoms with E-state index in [2.05, 4.69) is 21.4 Å². The number of carbonyl (C=O) groups is 1. The first-order chi connectivity index (χ1) is 14.1. The fourth-order valence-corrected chi connectivity index (χ4v) is 4.01. The molecule has 0 radical (unpaired) electrons. The van der Waals surface area contributed by atoms with Crippen molar-refractivity contribution in [3.05, 3.63) is 93.4 Å². The number of H-pyrrole nitrogens is 1. The van der Waals surface area contributed by atoms with Crippen molar-refractivity contribution in [3.8, 4) is 0 Å². The van der Waals surface area contributed by atoms with Gasteiger partial charge in [-0.25, -0.2) is 4.79 Å². The van der Waals surface area contributed by atoms with Crippen LogP contribution in [0.1, 0.15) is 22.6 Å². The van der Waals surface area contributed by atoms with Gasteiger partial charge in [-0.05, 0) is 29.7 Å². The van der Waals surface area contributed by atoms with E-state index in [-0.39, 0.29) is 17.1 Å². The fourth-order valence-electron chi connectivity index (χ4n) is 4.01. The smallest absolute Gasteiger partial charge is 0.352 e. The molecule has 0 amide bonds. The molecule has 0 spiro atoms. The summed E-state index contributed by atoms with van der Waals surface area (Å²) in [4.78, 5) is 34.2. The van der Waals surface area contributed by atoms with E-state index < -0.39 is 11.9 Å². The minimum Gasteiger partial charge on any atom is -0.477 e. The summed E-state index contributed by atoms with van der Waals surface area (Å²) < 4.78 is 0. The number of aromatic amines is 1. The van der Waals surface area contributed by atoms with Gasteiger partial charge in [-0.15, -0.1) is 0 Å². The molecule has 29 heavy (non-hydrogen) atoms. The van der Waals surface area contributed by atoms with E-state index in [4.69, 9.17) is 0 Å². The summed E-state index contributed by atoms with van der Waals surface area (Å²) in [5, 5.41) is 12.4. The molecule has 0 aliphatic carbocycles. The van der Waals surface area contributed by atoms with Crippen molar-refractivity contribution in [2.24, 2.45) is 0 Å². The van der Waals surface area contributed by atoms with Gasteiger partial charge in [0.15, 0.2) is 0 Å². The minimum absolute atomic E-state index is 0.0113. The lowest BCUT2D eigenvalue weighted by Gasteiger charge is -2.25. The second kappa shape index (κ2) is 6.63. The van der Waals surface area contributed by atoms with Crippen LogP contribution in [0.25, 0.3) is 0 Å². The van der Waals surface area contributed by atoms with Crippen molar-refractivity contribution < 1.29 is 9.90 Å². The van der Waals surface area contributed by atoms with E-state index in [9.17, 15) is 14.7 Å². The third kappa shape index (κ3) is 2.87. The fraction of sp³-hybridized carbons (Fsp3) is 0.136. The average Bonchev–Trinajstić information content (AvgIpc) is 3.17. The van der Waals surface area contributed by atoms with Gasteiger partial charge < -0.3 is 15.3 Å². The van der Waals surface area contributed by atoms with Crippen molar-refractivity contribution >= 4 is 23.4 Å². The number of rotatable bonds is 3. The van der Waals surface area contributed by atoms with E-state index in [1.54, 1.807) is 6.08 Å². The number of fused-ring (bicyclic) bond motifs is 2. The monoisotopic (exact) mass is 386 g/mol. The van der Waals surface area contributed by atoms with Gasteiger partial charge >= 0.3 is 5.97 Å². The molecule has 1 atom stereocenters. The third-order valence-corrected chi connectivity index (χ3v) is 5.37. The molecule has 7 nitrogen and oxygen atoms in total. The number of nitrogens with one attached hydrogen (secondary N) is 2. The Morgan fingerprint density at radius 1 is 1.10 bits per heavy atom. The maximum atomic E-state index is 13.1. The Hall–Kier alpha value is -3.87. The molecule has 1 aromatic heterocycles. The standard InChI is InChI=1S/C22H18N4O3/c27-20-18-15(13-6-2-1-3-7-13)12-16(21(28)29)23-19(18)24-22(25-20)26-11-10-14-8-4-5-9-17(14)26/h1-9,12,15H,10-11H2,(H,28,29)(H2,23,24,25,27). The third-order valence-electron chi connectivity index (χ3n) is 5.37. The number of hydrogen-bond donors (Lipinski definition) is 3. The zero-order chi connectivity index (χ0) is 20.0. The molecule has 144 valence electrons. The lowest BCUT2D eigenvalue weighted by molar-refractivity contribution is -0.132. The number of hydrogen-bond acceptors (Lipinski definition) is 5. The van der Waals surface area contributed by atoms with Crippen LogP contribution < -0.4 is 15.8 Å². The summed E-state index contributed by atoms with van der Waals surface area (Å²) in [6, 6.07) is 17.3. The first-order valence-corrected chi connectivity index (χ1v) is 9.38. The number of aliphatic carboxylic acids is 1. The number of aromatic nitrogens is 2. The van der Waals surface area contributed by atoms with E-state index >= 15 is 0 Å². The molecule has 7 heteroatoms. The molecular weight excluding hydrogens is 368 g/mol. The molecule has 0 saturated heterocycles. The maximum absolute atomic E-state index is 13.1. The van der Waals surface area contributed by atoms with Crippen LogP contribution in [0.15, 0.2) is 71.2 Å². The molecule has 1 unspecified atom stereocenters. The van der Waals surface area contributed by atoms with Gasteiger partial charge in [-0.2, -0.15) is 4.98 Å². The van der Waals surface area contributed by atoms with Gasteiger partial charge in [0, 0.05) is 18.2 Å². The molecule has 3 heterocycles. The first kappa shape index (κ1) is 17.2. The number of benzene rings is 2. The first-order valence-electron chi connectivity index (χ1n) is 9.38. The maximum Gasteiger partial charge on any atom is 0.352 e. The topological polar surface area (TPSA) is 98.3 Å². The summed E-state index contributed by atoms with van der Waals surface area (Å²) in [5.41, 5.74) is 3.17. The van der Waals surface area contributed by atoms with Gasteiger partial charge in [0.2, 0.25) is 5.95 Å². The predicted octanol–water partition coefficient (Wildman–Crippen LogP) is 2.99. The highest BCUT2D eigenvalue weighted by Crippen LogP contribution is 2.36. The Kier molecular flexibility index (Phi) is 3.94. The number of nitrogens with zero attached hydrogens (tertiary/aromatic N) is 2. The molecule has 3 N–H and O–H groups in total. The average molecular weight is 386 g/mol. The summed E-state index contributed by atoms with van der Waals surface area (Å²) in [6.45, 7) is 0.699. The van der Waals surface area contributed by atoms with Gasteiger partial charge in [0.1, 0.15) is 11.5 Å².